The molecule has 0 aromatic carbocycles. The summed E-state index contributed by atoms with van der Waals surface area (Å²) in [6, 6.07) is 8.37. The zero-order valence-electron chi connectivity index (χ0n) is 20.9. The molecule has 184 valence electrons. The summed E-state index contributed by atoms with van der Waals surface area (Å²) in [7, 11) is 0. The number of likely N-dealkylation sites (tertiary alicyclic amines) is 1. The van der Waals surface area contributed by atoms with Gasteiger partial charge in [0.2, 0.25) is 0 Å². The quantitative estimate of drug-likeness (QED) is 0.301. The van der Waals surface area contributed by atoms with E-state index in [0.717, 1.165) is 40.8 Å². The van der Waals surface area contributed by atoms with Crippen molar-refractivity contribution in [1.82, 2.24) is 25.1 Å². The summed E-state index contributed by atoms with van der Waals surface area (Å²) in [4.78, 5) is 15.0. The van der Waals surface area contributed by atoms with E-state index in [9.17, 15) is 0 Å². The zero-order chi connectivity index (χ0) is 24.8. The molecule has 0 amide bonds. The minimum absolute atomic E-state index is 0.334. The normalized spacial score (nSPS) is 15.4. The Morgan fingerprint density at radius 3 is 2.74 bits per heavy atom. The molecule has 0 atom stereocenters. The van der Waals surface area contributed by atoms with Gasteiger partial charge < -0.3 is 15.8 Å². The van der Waals surface area contributed by atoms with Crippen LogP contribution in [0.15, 0.2) is 42.9 Å². The summed E-state index contributed by atoms with van der Waals surface area (Å²) in [5, 5.41) is 11.5. The smallest absolute Gasteiger partial charge is 0.171 e. The fourth-order valence-electron chi connectivity index (χ4n) is 3.81. The van der Waals surface area contributed by atoms with Crippen LogP contribution >= 0.6 is 0 Å². The molecule has 3 aromatic rings. The lowest BCUT2D eigenvalue weighted by Gasteiger charge is -2.41. The van der Waals surface area contributed by atoms with E-state index in [-0.39, 0.29) is 0 Å². The molecule has 1 aliphatic rings. The van der Waals surface area contributed by atoms with Gasteiger partial charge in [-0.1, -0.05) is 13.8 Å². The molecule has 0 saturated carbocycles. The second kappa shape index (κ2) is 11.3. The van der Waals surface area contributed by atoms with Gasteiger partial charge in [0.25, 0.3) is 0 Å². The van der Waals surface area contributed by atoms with Crippen LogP contribution in [0.1, 0.15) is 44.7 Å². The SMILES string of the molecule is CC(C)c1cnnc(Nc2ccc3ncc(C(C=[NH+]CCOC4CN(C(C)C)C4)=CN)cc3n2)c1. The summed E-state index contributed by atoms with van der Waals surface area (Å²) in [5.41, 5.74) is 10.3. The number of allylic oxidation sites excluding steroid dienone is 1. The lowest BCUT2D eigenvalue weighted by Crippen LogP contribution is -2.70. The van der Waals surface area contributed by atoms with E-state index < -0.39 is 0 Å². The highest BCUT2D eigenvalue weighted by Gasteiger charge is 2.28. The Morgan fingerprint density at radius 1 is 1.17 bits per heavy atom. The highest BCUT2D eigenvalue weighted by atomic mass is 16.5. The van der Waals surface area contributed by atoms with Crippen molar-refractivity contribution >= 4 is 34.5 Å². The van der Waals surface area contributed by atoms with Crippen LogP contribution < -0.4 is 16.0 Å². The summed E-state index contributed by atoms with van der Waals surface area (Å²) in [5.74, 6) is 1.71. The monoisotopic (exact) mass is 475 g/mol. The maximum Gasteiger partial charge on any atom is 0.171 e. The first-order chi connectivity index (χ1) is 16.9. The number of anilines is 2. The summed E-state index contributed by atoms with van der Waals surface area (Å²) in [6.45, 7) is 12.0. The van der Waals surface area contributed by atoms with Crippen molar-refractivity contribution in [2.45, 2.75) is 45.8 Å². The first-order valence-corrected chi connectivity index (χ1v) is 12.1. The van der Waals surface area contributed by atoms with E-state index >= 15 is 0 Å². The fraction of sp³-hybridized carbons (Fsp3) is 0.423. The fourth-order valence-corrected chi connectivity index (χ4v) is 3.81. The minimum atomic E-state index is 0.334. The highest BCUT2D eigenvalue weighted by Crippen LogP contribution is 2.21. The molecule has 4 N–H and O–H groups in total. The zero-order valence-corrected chi connectivity index (χ0v) is 20.9. The third kappa shape index (κ3) is 6.37. The third-order valence-corrected chi connectivity index (χ3v) is 6.11. The van der Waals surface area contributed by atoms with Gasteiger partial charge in [0.15, 0.2) is 18.6 Å². The Morgan fingerprint density at radius 2 is 2.00 bits per heavy atom. The number of hydrogen-bond acceptors (Lipinski definition) is 8. The Kier molecular flexibility index (Phi) is 7.99. The van der Waals surface area contributed by atoms with E-state index in [1.165, 1.54) is 0 Å². The molecule has 9 nitrogen and oxygen atoms in total. The maximum atomic E-state index is 5.91. The number of rotatable bonds is 10. The number of ether oxygens (including phenoxy) is 1. The summed E-state index contributed by atoms with van der Waals surface area (Å²) >= 11 is 0. The van der Waals surface area contributed by atoms with Gasteiger partial charge in [-0.05, 0) is 49.6 Å². The van der Waals surface area contributed by atoms with Crippen LogP contribution in [0.3, 0.4) is 0 Å². The molecule has 0 bridgehead atoms. The van der Waals surface area contributed by atoms with Gasteiger partial charge >= 0.3 is 0 Å². The van der Waals surface area contributed by atoms with Gasteiger partial charge in [-0.2, -0.15) is 5.10 Å². The Bertz CT molecular complexity index is 1200. The van der Waals surface area contributed by atoms with E-state index in [1.54, 1.807) is 18.6 Å². The number of nitrogens with two attached hydrogens (primary N) is 1. The van der Waals surface area contributed by atoms with Gasteiger partial charge in [0.05, 0.1) is 28.9 Å². The van der Waals surface area contributed by atoms with E-state index in [0.29, 0.717) is 42.9 Å². The molecule has 9 heteroatoms. The van der Waals surface area contributed by atoms with Crippen LogP contribution in [0.4, 0.5) is 11.6 Å². The molecule has 4 rings (SSSR count). The van der Waals surface area contributed by atoms with Gasteiger partial charge in [-0.3, -0.25) is 9.88 Å². The third-order valence-electron chi connectivity index (χ3n) is 6.11. The van der Waals surface area contributed by atoms with E-state index in [1.807, 2.05) is 30.5 Å². The molecule has 1 saturated heterocycles. The molecular formula is C26H35N8O+. The number of nitrogens with one attached hydrogen (secondary N) is 2. The van der Waals surface area contributed by atoms with E-state index in [2.05, 4.69) is 58.1 Å². The lowest BCUT2D eigenvalue weighted by molar-refractivity contribution is -0.456. The van der Waals surface area contributed by atoms with Crippen LogP contribution in [0.25, 0.3) is 16.6 Å². The molecule has 0 unspecified atom stereocenters. The first-order valence-electron chi connectivity index (χ1n) is 12.1. The van der Waals surface area contributed by atoms with Gasteiger partial charge in [0, 0.05) is 37.1 Å². The predicted molar refractivity (Wildman–Crippen MR) is 139 cm³/mol. The number of pyridine rings is 2. The molecule has 1 aliphatic heterocycles. The summed E-state index contributed by atoms with van der Waals surface area (Å²) < 4.78 is 5.91. The second-order valence-electron chi connectivity index (χ2n) is 9.37. The van der Waals surface area contributed by atoms with Crippen molar-refractivity contribution in [3.63, 3.8) is 0 Å². The van der Waals surface area contributed by atoms with Gasteiger partial charge in [0.1, 0.15) is 12.4 Å². The molecule has 3 aromatic heterocycles. The molecule has 0 spiro atoms. The topological polar surface area (TPSA) is 116 Å². The molecule has 0 aliphatic carbocycles. The van der Waals surface area contributed by atoms with Gasteiger partial charge in [-0.15, -0.1) is 5.10 Å². The molecule has 35 heavy (non-hydrogen) atoms. The van der Waals surface area contributed by atoms with Crippen LogP contribution in [0.5, 0.6) is 0 Å². The Balaban J connectivity index is 1.38. The number of aromatic nitrogens is 4. The second-order valence-corrected chi connectivity index (χ2v) is 9.37. The largest absolute Gasteiger partial charge is 0.404 e. The number of nitrogens with zero attached hydrogens (tertiary/aromatic N) is 5. The average Bonchev–Trinajstić information content (AvgIpc) is 2.82. The van der Waals surface area contributed by atoms with Crippen molar-refractivity contribution in [1.29, 1.82) is 0 Å². The van der Waals surface area contributed by atoms with Crippen LogP contribution in [0.2, 0.25) is 0 Å². The predicted octanol–water partition coefficient (Wildman–Crippen LogP) is 1.85. The van der Waals surface area contributed by atoms with Crippen LogP contribution in [0, 0.1) is 0 Å². The highest BCUT2D eigenvalue weighted by molar-refractivity contribution is 6.07. The average molecular weight is 476 g/mol. The number of hydrogen-bond donors (Lipinski definition) is 3. The molecule has 1 fully saturated rings. The van der Waals surface area contributed by atoms with Crippen molar-refractivity contribution in [2.24, 2.45) is 5.73 Å². The van der Waals surface area contributed by atoms with Crippen molar-refractivity contribution in [3.8, 4) is 0 Å². The molecule has 0 radical (unpaired) electrons. The van der Waals surface area contributed by atoms with Crippen molar-refractivity contribution in [3.05, 3.63) is 54.0 Å². The van der Waals surface area contributed by atoms with Crippen LogP contribution in [-0.2, 0) is 4.74 Å². The molecule has 4 heterocycles. The first kappa shape index (κ1) is 24.7. The number of fused-ring (bicyclic) bond motifs is 1. The Labute approximate surface area is 206 Å². The molecular weight excluding hydrogens is 440 g/mol. The summed E-state index contributed by atoms with van der Waals surface area (Å²) in [6.07, 6.45) is 7.38. The van der Waals surface area contributed by atoms with Crippen molar-refractivity contribution < 1.29 is 9.73 Å². The standard InChI is InChI=1S/C26H34N8O/c1-17(2)19-10-26(33-30-14-19)32-25-6-5-23-24(31-25)9-20(13-29-23)21(11-27)12-28-7-8-35-22-15-34(16-22)18(3)4/h5-6,9-14,17-18,22H,7-8,15-16,27H2,1-4H3,(H,31,32,33)/p+1. The lowest BCUT2D eigenvalue weighted by atomic mass is 10.1. The maximum absolute atomic E-state index is 5.91. The minimum Gasteiger partial charge on any atom is -0.404 e. The van der Waals surface area contributed by atoms with Gasteiger partial charge in [-0.25, -0.2) is 9.98 Å². The Hall–Kier alpha value is -3.43. The van der Waals surface area contributed by atoms with Crippen molar-refractivity contribution in [2.75, 3.05) is 31.6 Å². The van der Waals surface area contributed by atoms with E-state index in [4.69, 9.17) is 15.5 Å². The van der Waals surface area contributed by atoms with Crippen LogP contribution in [-0.4, -0.2) is 69.7 Å².